The maximum absolute atomic E-state index is 5.35. The summed E-state index contributed by atoms with van der Waals surface area (Å²) in [6, 6.07) is 12.3. The second-order valence-corrected chi connectivity index (χ2v) is 6.26. The fourth-order valence-corrected chi connectivity index (χ4v) is 3.19. The molecule has 0 radical (unpaired) electrons. The summed E-state index contributed by atoms with van der Waals surface area (Å²) in [6.07, 6.45) is 5.03. The fourth-order valence-electron chi connectivity index (χ4n) is 2.98. The molecule has 0 saturated heterocycles. The summed E-state index contributed by atoms with van der Waals surface area (Å²) in [5.74, 6) is 2.46. The van der Waals surface area contributed by atoms with Crippen LogP contribution in [0.4, 0.5) is 0 Å². The summed E-state index contributed by atoms with van der Waals surface area (Å²) in [5, 5.41) is 0. The number of nitrogens with zero attached hydrogens (tertiary/aromatic N) is 1. The third-order valence-corrected chi connectivity index (χ3v) is 4.46. The van der Waals surface area contributed by atoms with E-state index in [0.717, 1.165) is 17.4 Å². The van der Waals surface area contributed by atoms with Crippen molar-refractivity contribution in [1.82, 2.24) is 9.97 Å². The molecule has 1 heterocycles. The predicted molar refractivity (Wildman–Crippen MR) is 85.2 cm³/mol. The van der Waals surface area contributed by atoms with Crippen LogP contribution in [0.3, 0.4) is 0 Å². The van der Waals surface area contributed by atoms with Crippen LogP contribution >= 0.6 is 12.2 Å². The first-order valence-corrected chi connectivity index (χ1v) is 7.80. The second-order valence-electron chi connectivity index (χ2n) is 5.84. The summed E-state index contributed by atoms with van der Waals surface area (Å²) in [5.41, 5.74) is 2.26. The quantitative estimate of drug-likeness (QED) is 0.777. The smallest absolute Gasteiger partial charge is 0.130 e. The predicted octanol–water partition coefficient (Wildman–Crippen LogP) is 5.10. The number of rotatable bonds is 2. The molecule has 3 rings (SSSR count). The topological polar surface area (TPSA) is 28.7 Å². The molecule has 1 aromatic heterocycles. The summed E-state index contributed by atoms with van der Waals surface area (Å²) in [7, 11) is 0. The average molecular weight is 284 g/mol. The molecular formula is C17H20N2S. The zero-order valence-corrected chi connectivity index (χ0v) is 12.6. The Bertz CT molecular complexity index is 625. The number of aromatic nitrogens is 2. The van der Waals surface area contributed by atoms with E-state index in [-0.39, 0.29) is 0 Å². The Morgan fingerprint density at radius 1 is 1.10 bits per heavy atom. The number of benzene rings is 1. The van der Waals surface area contributed by atoms with Crippen molar-refractivity contribution in [3.8, 4) is 11.3 Å². The van der Waals surface area contributed by atoms with Crippen molar-refractivity contribution in [2.24, 2.45) is 5.92 Å². The van der Waals surface area contributed by atoms with E-state index in [1.807, 2.05) is 12.1 Å². The Morgan fingerprint density at radius 3 is 2.50 bits per heavy atom. The van der Waals surface area contributed by atoms with Gasteiger partial charge < -0.3 is 4.98 Å². The van der Waals surface area contributed by atoms with Gasteiger partial charge in [0.2, 0.25) is 0 Å². The second kappa shape index (κ2) is 5.88. The number of H-pyrrole nitrogens is 1. The van der Waals surface area contributed by atoms with Gasteiger partial charge in [-0.2, -0.15) is 0 Å². The molecule has 0 amide bonds. The molecule has 0 aliphatic heterocycles. The molecule has 1 aliphatic rings. The zero-order valence-electron chi connectivity index (χ0n) is 11.8. The number of aromatic amines is 1. The minimum Gasteiger partial charge on any atom is -0.343 e. The van der Waals surface area contributed by atoms with Crippen LogP contribution in [0, 0.1) is 10.6 Å². The Hall–Kier alpha value is -1.48. The van der Waals surface area contributed by atoms with E-state index in [0.29, 0.717) is 10.6 Å². The van der Waals surface area contributed by atoms with Crippen LogP contribution in [0.1, 0.15) is 44.3 Å². The van der Waals surface area contributed by atoms with E-state index in [2.05, 4.69) is 41.2 Å². The van der Waals surface area contributed by atoms with Crippen molar-refractivity contribution in [1.29, 1.82) is 0 Å². The van der Waals surface area contributed by atoms with Crippen molar-refractivity contribution in [3.05, 3.63) is 46.9 Å². The Balaban J connectivity index is 1.93. The van der Waals surface area contributed by atoms with Crippen molar-refractivity contribution in [3.63, 3.8) is 0 Å². The monoisotopic (exact) mass is 284 g/mol. The van der Waals surface area contributed by atoms with Crippen molar-refractivity contribution >= 4 is 12.2 Å². The molecule has 2 nitrogen and oxygen atoms in total. The molecule has 0 atom stereocenters. The van der Waals surface area contributed by atoms with Crippen LogP contribution in [0.25, 0.3) is 11.3 Å². The van der Waals surface area contributed by atoms with Gasteiger partial charge in [-0.3, -0.25) is 0 Å². The molecule has 1 aromatic carbocycles. The number of hydrogen-bond donors (Lipinski definition) is 1. The van der Waals surface area contributed by atoms with Crippen LogP contribution in [0.2, 0.25) is 0 Å². The molecule has 104 valence electrons. The molecule has 0 bridgehead atoms. The Kier molecular flexibility index (Phi) is 3.97. The van der Waals surface area contributed by atoms with Crippen LogP contribution < -0.4 is 0 Å². The van der Waals surface area contributed by atoms with Crippen LogP contribution in [-0.2, 0) is 0 Å². The lowest BCUT2D eigenvalue weighted by Crippen LogP contribution is -2.13. The van der Waals surface area contributed by atoms with E-state index in [4.69, 9.17) is 12.2 Å². The van der Waals surface area contributed by atoms with E-state index < -0.39 is 0 Å². The summed E-state index contributed by atoms with van der Waals surface area (Å²) in [6.45, 7) is 2.34. The Morgan fingerprint density at radius 2 is 1.80 bits per heavy atom. The van der Waals surface area contributed by atoms with Gasteiger partial charge in [-0.05, 0) is 30.4 Å². The molecule has 3 heteroatoms. The zero-order chi connectivity index (χ0) is 13.9. The minimum atomic E-state index is 0.538. The van der Waals surface area contributed by atoms with Gasteiger partial charge >= 0.3 is 0 Å². The largest absolute Gasteiger partial charge is 0.343 e. The highest BCUT2D eigenvalue weighted by Gasteiger charge is 2.21. The lowest BCUT2D eigenvalue weighted by molar-refractivity contribution is 0.339. The van der Waals surface area contributed by atoms with Gasteiger partial charge in [0.1, 0.15) is 10.5 Å². The van der Waals surface area contributed by atoms with E-state index in [1.165, 1.54) is 31.2 Å². The third kappa shape index (κ3) is 2.98. The van der Waals surface area contributed by atoms with Crippen molar-refractivity contribution < 1.29 is 0 Å². The highest BCUT2D eigenvalue weighted by atomic mass is 32.1. The van der Waals surface area contributed by atoms with E-state index in [1.54, 1.807) is 0 Å². The van der Waals surface area contributed by atoms with Crippen molar-refractivity contribution in [2.75, 3.05) is 0 Å². The molecule has 1 N–H and O–H groups in total. The Labute approximate surface area is 125 Å². The molecule has 0 spiro atoms. The first-order chi connectivity index (χ1) is 9.72. The number of nitrogens with one attached hydrogen (secondary N) is 1. The van der Waals surface area contributed by atoms with Gasteiger partial charge in [-0.15, -0.1) is 0 Å². The maximum Gasteiger partial charge on any atom is 0.130 e. The first-order valence-electron chi connectivity index (χ1n) is 7.39. The minimum absolute atomic E-state index is 0.538. The highest BCUT2D eigenvalue weighted by Crippen LogP contribution is 2.34. The van der Waals surface area contributed by atoms with Gasteiger partial charge in [0.15, 0.2) is 0 Å². The lowest BCUT2D eigenvalue weighted by Gasteiger charge is -2.25. The third-order valence-electron chi connectivity index (χ3n) is 4.25. The summed E-state index contributed by atoms with van der Waals surface area (Å²) < 4.78 is 0.691. The first kappa shape index (κ1) is 13.5. The number of hydrogen-bond acceptors (Lipinski definition) is 2. The molecule has 1 aliphatic carbocycles. The van der Waals surface area contributed by atoms with Crippen LogP contribution in [0.5, 0.6) is 0 Å². The van der Waals surface area contributed by atoms with Gasteiger partial charge in [0.05, 0.1) is 0 Å². The van der Waals surface area contributed by atoms with Crippen LogP contribution in [-0.4, -0.2) is 9.97 Å². The average Bonchev–Trinajstić information content (AvgIpc) is 2.48. The lowest BCUT2D eigenvalue weighted by atomic mass is 9.82. The molecular weight excluding hydrogens is 264 g/mol. The molecule has 2 aromatic rings. The normalized spacial score (nSPS) is 22.6. The van der Waals surface area contributed by atoms with Gasteiger partial charge in [-0.25, -0.2) is 4.98 Å². The van der Waals surface area contributed by atoms with Gasteiger partial charge in [0, 0.05) is 11.6 Å². The van der Waals surface area contributed by atoms with E-state index >= 15 is 0 Å². The molecule has 20 heavy (non-hydrogen) atoms. The summed E-state index contributed by atoms with van der Waals surface area (Å²) in [4.78, 5) is 8.08. The van der Waals surface area contributed by atoms with Crippen molar-refractivity contribution in [2.45, 2.75) is 38.5 Å². The van der Waals surface area contributed by atoms with Crippen LogP contribution in [0.15, 0.2) is 36.4 Å². The van der Waals surface area contributed by atoms with Gasteiger partial charge in [0.25, 0.3) is 0 Å². The summed E-state index contributed by atoms with van der Waals surface area (Å²) >= 11 is 5.35. The van der Waals surface area contributed by atoms with Gasteiger partial charge in [-0.1, -0.05) is 62.3 Å². The molecule has 1 saturated carbocycles. The maximum atomic E-state index is 5.35. The van der Waals surface area contributed by atoms with E-state index in [9.17, 15) is 0 Å². The molecule has 1 fully saturated rings. The molecule has 0 unspecified atom stereocenters. The fraction of sp³-hybridized carbons (Fsp3) is 0.412. The SMILES string of the molecule is CC1CCC(c2nc(=S)cc(-c3ccccc3)[nH]2)CC1. The highest BCUT2D eigenvalue weighted by molar-refractivity contribution is 7.71. The standard InChI is InChI=1S/C17H20N2S/c1-12-7-9-14(10-8-12)17-18-15(11-16(20)19-17)13-5-3-2-4-6-13/h2-6,11-12,14H,7-10H2,1H3,(H,18,19,20).